The average molecular weight is 347 g/mol. The zero-order chi connectivity index (χ0) is 17.4. The first-order valence-electron chi connectivity index (χ1n) is 9.64. The number of ether oxygens (including phenoxy) is 1. The molecule has 3 rings (SSSR count). The van der Waals surface area contributed by atoms with Gasteiger partial charge < -0.3 is 9.16 Å². The summed E-state index contributed by atoms with van der Waals surface area (Å²) in [7, 11) is -1.72. The molecule has 2 aliphatic carbocycles. The number of hydrogen-bond donors (Lipinski definition) is 0. The predicted octanol–water partition coefficient (Wildman–Crippen LogP) is 6.01. The highest BCUT2D eigenvalue weighted by Crippen LogP contribution is 2.44. The van der Waals surface area contributed by atoms with E-state index in [0.29, 0.717) is 0 Å². The van der Waals surface area contributed by atoms with Crippen LogP contribution in [0.1, 0.15) is 69.2 Å². The molecule has 1 saturated carbocycles. The molecular weight excluding hydrogens is 312 g/mol. The van der Waals surface area contributed by atoms with Crippen LogP contribution in [0.3, 0.4) is 0 Å². The summed E-state index contributed by atoms with van der Waals surface area (Å²) in [6.07, 6.45) is 6.65. The van der Waals surface area contributed by atoms with Gasteiger partial charge in [-0.3, -0.25) is 0 Å². The molecule has 2 nitrogen and oxygen atoms in total. The molecule has 134 valence electrons. The molecule has 1 aromatic rings. The molecule has 0 aromatic heterocycles. The molecule has 1 aromatic carbocycles. The number of rotatable bonds is 6. The maximum atomic E-state index is 6.71. The summed E-state index contributed by atoms with van der Waals surface area (Å²) < 4.78 is 12.7. The van der Waals surface area contributed by atoms with E-state index in [2.05, 4.69) is 52.1 Å². The quantitative estimate of drug-likeness (QED) is 0.587. The smallest absolute Gasteiger partial charge is 0.192 e. The van der Waals surface area contributed by atoms with E-state index in [0.717, 1.165) is 32.0 Å². The van der Waals surface area contributed by atoms with Gasteiger partial charge in [-0.25, -0.2) is 0 Å². The van der Waals surface area contributed by atoms with Crippen LogP contribution in [0.25, 0.3) is 0 Å². The van der Waals surface area contributed by atoms with Crippen LogP contribution in [0.4, 0.5) is 0 Å². The van der Waals surface area contributed by atoms with Crippen molar-refractivity contribution in [2.24, 2.45) is 5.92 Å². The molecule has 0 N–H and O–H groups in total. The van der Waals surface area contributed by atoms with Gasteiger partial charge in [0.15, 0.2) is 8.32 Å². The van der Waals surface area contributed by atoms with Gasteiger partial charge in [-0.1, -0.05) is 45.4 Å². The van der Waals surface area contributed by atoms with Crippen LogP contribution in [-0.4, -0.2) is 14.9 Å². The Morgan fingerprint density at radius 2 is 1.88 bits per heavy atom. The van der Waals surface area contributed by atoms with Crippen molar-refractivity contribution in [2.75, 3.05) is 6.61 Å². The maximum Gasteiger partial charge on any atom is 0.192 e. The molecule has 3 heteroatoms. The van der Waals surface area contributed by atoms with Gasteiger partial charge in [0.1, 0.15) is 0 Å². The molecular formula is C21H34O2Si. The van der Waals surface area contributed by atoms with Gasteiger partial charge in [-0.05, 0) is 66.4 Å². The van der Waals surface area contributed by atoms with Crippen LogP contribution in [-0.2, 0) is 22.2 Å². The standard InChI is InChI=1S/C21H34O2Si/c1-21(2,3)24(4,5)23-20-13-12-18-17(10-7-11-19(18)20)15-22-14-16-8-6-9-16/h7,10-11,16,20H,6,8-9,12-15H2,1-5H3. The third-order valence-electron chi connectivity index (χ3n) is 6.39. The van der Waals surface area contributed by atoms with Gasteiger partial charge >= 0.3 is 0 Å². The lowest BCUT2D eigenvalue weighted by Crippen LogP contribution is -2.41. The Balaban J connectivity index is 1.66. The van der Waals surface area contributed by atoms with Gasteiger partial charge in [0.05, 0.1) is 12.7 Å². The molecule has 0 spiro atoms. The lowest BCUT2D eigenvalue weighted by molar-refractivity contribution is 0.0593. The van der Waals surface area contributed by atoms with E-state index in [-0.39, 0.29) is 11.1 Å². The van der Waals surface area contributed by atoms with Crippen molar-refractivity contribution in [3.8, 4) is 0 Å². The zero-order valence-electron chi connectivity index (χ0n) is 16.2. The van der Waals surface area contributed by atoms with E-state index < -0.39 is 8.32 Å². The molecule has 0 radical (unpaired) electrons. The Bertz CT molecular complexity index is 570. The van der Waals surface area contributed by atoms with Gasteiger partial charge in [0, 0.05) is 6.61 Å². The van der Waals surface area contributed by atoms with Gasteiger partial charge in [-0.15, -0.1) is 0 Å². The fourth-order valence-electron chi connectivity index (χ4n) is 3.48. The number of fused-ring (bicyclic) bond motifs is 1. The fourth-order valence-corrected chi connectivity index (χ4v) is 4.79. The van der Waals surface area contributed by atoms with Crippen molar-refractivity contribution in [1.29, 1.82) is 0 Å². The molecule has 0 amide bonds. The summed E-state index contributed by atoms with van der Waals surface area (Å²) in [4.78, 5) is 0. The first kappa shape index (κ1) is 18.2. The fraction of sp³-hybridized carbons (Fsp3) is 0.714. The van der Waals surface area contributed by atoms with Crippen LogP contribution in [0.2, 0.25) is 18.1 Å². The minimum Gasteiger partial charge on any atom is -0.410 e. The molecule has 1 fully saturated rings. The van der Waals surface area contributed by atoms with Crippen LogP contribution in [0.15, 0.2) is 18.2 Å². The maximum absolute atomic E-state index is 6.71. The molecule has 1 unspecified atom stereocenters. The van der Waals surface area contributed by atoms with Crippen LogP contribution in [0, 0.1) is 5.92 Å². The molecule has 2 aliphatic rings. The van der Waals surface area contributed by atoms with E-state index in [1.165, 1.54) is 36.0 Å². The Morgan fingerprint density at radius 3 is 2.50 bits per heavy atom. The predicted molar refractivity (Wildman–Crippen MR) is 103 cm³/mol. The first-order valence-corrected chi connectivity index (χ1v) is 12.5. The Labute approximate surface area is 149 Å². The lowest BCUT2D eigenvalue weighted by atomic mass is 9.86. The Morgan fingerprint density at radius 1 is 1.12 bits per heavy atom. The SMILES string of the molecule is CC(C)(C)[Si](C)(C)OC1CCc2c(COCC3CCC3)cccc21. The highest BCUT2D eigenvalue weighted by molar-refractivity contribution is 6.74. The van der Waals surface area contributed by atoms with Crippen molar-refractivity contribution in [3.05, 3.63) is 34.9 Å². The largest absolute Gasteiger partial charge is 0.410 e. The number of hydrogen-bond acceptors (Lipinski definition) is 2. The van der Waals surface area contributed by atoms with Crippen molar-refractivity contribution in [2.45, 2.75) is 83.7 Å². The summed E-state index contributed by atoms with van der Waals surface area (Å²) in [5.74, 6) is 0.816. The van der Waals surface area contributed by atoms with Gasteiger partial charge in [-0.2, -0.15) is 0 Å². The highest BCUT2D eigenvalue weighted by atomic mass is 28.4. The molecule has 0 heterocycles. The monoisotopic (exact) mass is 346 g/mol. The van der Waals surface area contributed by atoms with E-state index in [4.69, 9.17) is 9.16 Å². The number of benzene rings is 1. The van der Waals surface area contributed by atoms with E-state index >= 15 is 0 Å². The minimum absolute atomic E-state index is 0.263. The summed E-state index contributed by atoms with van der Waals surface area (Å²) in [6.45, 7) is 13.4. The molecule has 1 atom stereocenters. The second-order valence-electron chi connectivity index (χ2n) is 9.20. The first-order chi connectivity index (χ1) is 11.3. The zero-order valence-corrected chi connectivity index (χ0v) is 17.2. The highest BCUT2D eigenvalue weighted by Gasteiger charge is 2.40. The average Bonchev–Trinajstić information content (AvgIpc) is 2.84. The third kappa shape index (κ3) is 3.78. The van der Waals surface area contributed by atoms with Gasteiger partial charge in [0.25, 0.3) is 0 Å². The van der Waals surface area contributed by atoms with Crippen molar-refractivity contribution >= 4 is 8.32 Å². The van der Waals surface area contributed by atoms with Crippen LogP contribution in [0.5, 0.6) is 0 Å². The third-order valence-corrected chi connectivity index (χ3v) is 10.9. The summed E-state index contributed by atoms with van der Waals surface area (Å²) in [5, 5.41) is 0.263. The van der Waals surface area contributed by atoms with Crippen LogP contribution >= 0.6 is 0 Å². The van der Waals surface area contributed by atoms with E-state index in [1.54, 1.807) is 0 Å². The summed E-state index contributed by atoms with van der Waals surface area (Å²) >= 11 is 0. The Hall–Kier alpha value is -0.643. The second-order valence-corrected chi connectivity index (χ2v) is 14.0. The molecule has 24 heavy (non-hydrogen) atoms. The summed E-state index contributed by atoms with van der Waals surface area (Å²) in [6, 6.07) is 6.71. The van der Waals surface area contributed by atoms with Crippen LogP contribution < -0.4 is 0 Å². The minimum atomic E-state index is -1.72. The van der Waals surface area contributed by atoms with E-state index in [9.17, 15) is 0 Å². The molecule has 0 aliphatic heterocycles. The van der Waals surface area contributed by atoms with Crippen molar-refractivity contribution in [1.82, 2.24) is 0 Å². The van der Waals surface area contributed by atoms with Crippen molar-refractivity contribution < 1.29 is 9.16 Å². The van der Waals surface area contributed by atoms with E-state index in [1.807, 2.05) is 0 Å². The molecule has 0 bridgehead atoms. The second kappa shape index (κ2) is 6.93. The Kier molecular flexibility index (Phi) is 5.24. The normalized spacial score (nSPS) is 21.6. The molecule has 0 saturated heterocycles. The topological polar surface area (TPSA) is 18.5 Å². The van der Waals surface area contributed by atoms with Crippen molar-refractivity contribution in [3.63, 3.8) is 0 Å². The van der Waals surface area contributed by atoms with Gasteiger partial charge in [0.2, 0.25) is 0 Å². The summed E-state index contributed by atoms with van der Waals surface area (Å²) in [5.41, 5.74) is 4.30. The lowest BCUT2D eigenvalue weighted by Gasteiger charge is -2.38.